The fourth-order valence-electron chi connectivity index (χ4n) is 2.76. The summed E-state index contributed by atoms with van der Waals surface area (Å²) >= 11 is 0. The van der Waals surface area contributed by atoms with Gasteiger partial charge in [-0.2, -0.15) is 0 Å². The van der Waals surface area contributed by atoms with Gasteiger partial charge >= 0.3 is 0 Å². The molecule has 15 heavy (non-hydrogen) atoms. The molecule has 0 aromatic heterocycles. The normalized spacial score (nSPS) is 24.4. The SMILES string of the molecule is CCC(CC)C[C@@H](CN)[C@@H]1CCCCN1. The van der Waals surface area contributed by atoms with Crippen LogP contribution >= 0.6 is 0 Å². The molecule has 0 aromatic carbocycles. The van der Waals surface area contributed by atoms with Crippen LogP contribution in [0.4, 0.5) is 0 Å². The van der Waals surface area contributed by atoms with E-state index in [4.69, 9.17) is 5.73 Å². The third kappa shape index (κ3) is 4.12. The van der Waals surface area contributed by atoms with Crippen molar-refractivity contribution in [3.05, 3.63) is 0 Å². The summed E-state index contributed by atoms with van der Waals surface area (Å²) in [6, 6.07) is 0.698. The van der Waals surface area contributed by atoms with Gasteiger partial charge in [-0.25, -0.2) is 0 Å². The van der Waals surface area contributed by atoms with Gasteiger partial charge < -0.3 is 11.1 Å². The summed E-state index contributed by atoms with van der Waals surface area (Å²) in [7, 11) is 0. The van der Waals surface area contributed by atoms with E-state index < -0.39 is 0 Å². The molecule has 1 aliphatic rings. The van der Waals surface area contributed by atoms with E-state index in [0.717, 1.165) is 12.5 Å². The van der Waals surface area contributed by atoms with Crippen LogP contribution in [-0.4, -0.2) is 19.1 Å². The molecule has 2 atom stereocenters. The molecule has 0 unspecified atom stereocenters. The van der Waals surface area contributed by atoms with Crippen LogP contribution in [-0.2, 0) is 0 Å². The van der Waals surface area contributed by atoms with E-state index in [2.05, 4.69) is 19.2 Å². The number of nitrogens with two attached hydrogens (primary N) is 1. The highest BCUT2D eigenvalue weighted by atomic mass is 14.9. The molecule has 0 aromatic rings. The van der Waals surface area contributed by atoms with Crippen LogP contribution in [0.3, 0.4) is 0 Å². The molecule has 1 fully saturated rings. The Kier molecular flexibility index (Phi) is 6.26. The fourth-order valence-corrected chi connectivity index (χ4v) is 2.76. The van der Waals surface area contributed by atoms with E-state index in [1.807, 2.05) is 0 Å². The molecule has 0 aliphatic carbocycles. The molecule has 1 aliphatic heterocycles. The molecular weight excluding hydrogens is 184 g/mol. The van der Waals surface area contributed by atoms with E-state index in [1.54, 1.807) is 0 Å². The summed E-state index contributed by atoms with van der Waals surface area (Å²) in [6.45, 7) is 6.66. The van der Waals surface area contributed by atoms with Crippen LogP contribution in [0.1, 0.15) is 52.4 Å². The zero-order valence-electron chi connectivity index (χ0n) is 10.5. The predicted octanol–water partition coefficient (Wildman–Crippen LogP) is 2.53. The lowest BCUT2D eigenvalue weighted by molar-refractivity contribution is 0.248. The minimum absolute atomic E-state index is 0.698. The highest BCUT2D eigenvalue weighted by Crippen LogP contribution is 2.24. The van der Waals surface area contributed by atoms with Gasteiger partial charge in [0.25, 0.3) is 0 Å². The Hall–Kier alpha value is -0.0800. The van der Waals surface area contributed by atoms with E-state index in [-0.39, 0.29) is 0 Å². The number of hydrogen-bond donors (Lipinski definition) is 2. The third-order valence-electron chi connectivity index (χ3n) is 4.01. The average Bonchev–Trinajstić information content (AvgIpc) is 2.32. The maximum atomic E-state index is 5.92. The van der Waals surface area contributed by atoms with Crippen molar-refractivity contribution in [2.75, 3.05) is 13.1 Å². The lowest BCUT2D eigenvalue weighted by Crippen LogP contribution is -2.43. The first-order valence-corrected chi connectivity index (χ1v) is 6.75. The molecule has 3 N–H and O–H groups in total. The van der Waals surface area contributed by atoms with Crippen molar-refractivity contribution in [1.82, 2.24) is 5.32 Å². The third-order valence-corrected chi connectivity index (χ3v) is 4.01. The first-order chi connectivity index (χ1) is 7.31. The Balaban J connectivity index is 2.38. The Morgan fingerprint density at radius 1 is 1.27 bits per heavy atom. The lowest BCUT2D eigenvalue weighted by atomic mass is 9.83. The van der Waals surface area contributed by atoms with Crippen molar-refractivity contribution >= 4 is 0 Å². The van der Waals surface area contributed by atoms with Crippen molar-refractivity contribution < 1.29 is 0 Å². The Morgan fingerprint density at radius 2 is 2.00 bits per heavy atom. The van der Waals surface area contributed by atoms with Gasteiger partial charge in [0.05, 0.1) is 0 Å². The van der Waals surface area contributed by atoms with Gasteiger partial charge in [0.1, 0.15) is 0 Å². The van der Waals surface area contributed by atoms with Crippen LogP contribution in [0.15, 0.2) is 0 Å². The summed E-state index contributed by atoms with van der Waals surface area (Å²) in [5.41, 5.74) is 5.92. The van der Waals surface area contributed by atoms with Gasteiger partial charge in [-0.15, -0.1) is 0 Å². The maximum absolute atomic E-state index is 5.92. The minimum Gasteiger partial charge on any atom is -0.330 e. The van der Waals surface area contributed by atoms with Crippen LogP contribution in [0.5, 0.6) is 0 Å². The second-order valence-electron chi connectivity index (χ2n) is 4.97. The first kappa shape index (κ1) is 13.0. The summed E-state index contributed by atoms with van der Waals surface area (Å²) in [4.78, 5) is 0. The fraction of sp³-hybridized carbons (Fsp3) is 1.00. The molecule has 1 saturated heterocycles. The summed E-state index contributed by atoms with van der Waals surface area (Å²) < 4.78 is 0. The van der Waals surface area contributed by atoms with Crippen molar-refractivity contribution in [2.24, 2.45) is 17.6 Å². The van der Waals surface area contributed by atoms with Crippen molar-refractivity contribution in [1.29, 1.82) is 0 Å². The van der Waals surface area contributed by atoms with Gasteiger partial charge in [-0.3, -0.25) is 0 Å². The molecule has 2 heteroatoms. The van der Waals surface area contributed by atoms with Gasteiger partial charge in [0, 0.05) is 6.04 Å². The molecule has 0 bridgehead atoms. The van der Waals surface area contributed by atoms with E-state index in [1.165, 1.54) is 45.1 Å². The largest absolute Gasteiger partial charge is 0.330 e. The zero-order chi connectivity index (χ0) is 11.1. The smallest absolute Gasteiger partial charge is 0.0107 e. The van der Waals surface area contributed by atoms with Crippen molar-refractivity contribution in [3.63, 3.8) is 0 Å². The number of rotatable bonds is 6. The van der Waals surface area contributed by atoms with Gasteiger partial charge in [-0.05, 0) is 44.2 Å². The van der Waals surface area contributed by atoms with Crippen LogP contribution in [0, 0.1) is 11.8 Å². The quantitative estimate of drug-likeness (QED) is 0.710. The highest BCUT2D eigenvalue weighted by Gasteiger charge is 2.23. The predicted molar refractivity (Wildman–Crippen MR) is 66.9 cm³/mol. The summed E-state index contributed by atoms with van der Waals surface area (Å²) in [6.07, 6.45) is 8.00. The molecule has 0 amide bonds. The van der Waals surface area contributed by atoms with Gasteiger partial charge in [0.15, 0.2) is 0 Å². The minimum atomic E-state index is 0.698. The Morgan fingerprint density at radius 3 is 2.47 bits per heavy atom. The Labute approximate surface area is 95.0 Å². The molecule has 0 radical (unpaired) electrons. The molecule has 0 spiro atoms. The molecule has 1 heterocycles. The highest BCUT2D eigenvalue weighted by molar-refractivity contribution is 4.81. The summed E-state index contributed by atoms with van der Waals surface area (Å²) in [5.74, 6) is 1.58. The number of nitrogens with one attached hydrogen (secondary N) is 1. The van der Waals surface area contributed by atoms with Crippen LogP contribution in [0.25, 0.3) is 0 Å². The van der Waals surface area contributed by atoms with Gasteiger partial charge in [-0.1, -0.05) is 33.1 Å². The molecular formula is C13H28N2. The summed E-state index contributed by atoms with van der Waals surface area (Å²) in [5, 5.41) is 3.64. The molecule has 2 nitrogen and oxygen atoms in total. The van der Waals surface area contributed by atoms with Crippen molar-refractivity contribution in [2.45, 2.75) is 58.4 Å². The van der Waals surface area contributed by atoms with E-state index in [0.29, 0.717) is 12.0 Å². The van der Waals surface area contributed by atoms with Crippen LogP contribution in [0.2, 0.25) is 0 Å². The van der Waals surface area contributed by atoms with E-state index >= 15 is 0 Å². The second kappa shape index (κ2) is 7.24. The monoisotopic (exact) mass is 212 g/mol. The second-order valence-corrected chi connectivity index (χ2v) is 4.97. The topological polar surface area (TPSA) is 38.0 Å². The lowest BCUT2D eigenvalue weighted by Gasteiger charge is -2.32. The van der Waals surface area contributed by atoms with Crippen molar-refractivity contribution in [3.8, 4) is 0 Å². The first-order valence-electron chi connectivity index (χ1n) is 6.75. The van der Waals surface area contributed by atoms with Gasteiger partial charge in [0.2, 0.25) is 0 Å². The van der Waals surface area contributed by atoms with E-state index in [9.17, 15) is 0 Å². The maximum Gasteiger partial charge on any atom is 0.0107 e. The molecule has 1 rings (SSSR count). The Bertz CT molecular complexity index is 149. The number of piperidine rings is 1. The molecule has 90 valence electrons. The van der Waals surface area contributed by atoms with Crippen LogP contribution < -0.4 is 11.1 Å². The zero-order valence-corrected chi connectivity index (χ0v) is 10.5. The average molecular weight is 212 g/mol. The molecule has 0 saturated carbocycles. The number of hydrogen-bond acceptors (Lipinski definition) is 2. The standard InChI is InChI=1S/C13H28N2/c1-3-11(4-2)9-12(10-14)13-7-5-6-8-15-13/h11-13,15H,3-10,14H2,1-2H3/t12-,13-/m0/s1.